The first-order valence-electron chi connectivity index (χ1n) is 11.4. The fraction of sp³-hybridized carbons (Fsp3) is 0.143. The fourth-order valence-electron chi connectivity index (χ4n) is 4.14. The van der Waals surface area contributed by atoms with Crippen molar-refractivity contribution in [2.75, 3.05) is 0 Å². The molecule has 0 saturated heterocycles. The Balaban J connectivity index is 1.46. The van der Waals surface area contributed by atoms with Gasteiger partial charge < -0.3 is 0 Å². The minimum absolute atomic E-state index is 0.206. The van der Waals surface area contributed by atoms with E-state index < -0.39 is 0 Å². The van der Waals surface area contributed by atoms with Gasteiger partial charge in [0.25, 0.3) is 11.5 Å². The molecule has 1 unspecified atom stereocenters. The molecule has 0 spiro atoms. The molecule has 0 radical (unpaired) electrons. The lowest BCUT2D eigenvalue weighted by molar-refractivity contribution is -0.133. The second-order valence-electron chi connectivity index (χ2n) is 8.64. The zero-order chi connectivity index (χ0) is 25.2. The van der Waals surface area contributed by atoms with Gasteiger partial charge in [0.05, 0.1) is 17.4 Å². The normalized spacial score (nSPS) is 15.1. The summed E-state index contributed by atoms with van der Waals surface area (Å²) in [7, 11) is 0. The lowest BCUT2D eigenvalue weighted by Crippen LogP contribution is -2.34. The van der Waals surface area contributed by atoms with Crippen molar-refractivity contribution in [1.82, 2.24) is 14.8 Å². The first-order chi connectivity index (χ1) is 17.4. The molecule has 4 aromatic rings. The van der Waals surface area contributed by atoms with Gasteiger partial charge in [-0.3, -0.25) is 9.59 Å². The molecule has 0 aliphatic carbocycles. The van der Waals surface area contributed by atoms with E-state index >= 15 is 0 Å². The number of halogens is 2. The Kier molecular flexibility index (Phi) is 6.98. The average molecular weight is 606 g/mol. The summed E-state index contributed by atoms with van der Waals surface area (Å²) in [6, 6.07) is 26.5. The summed E-state index contributed by atoms with van der Waals surface area (Å²) in [5.74, 6) is -0.296. The number of carbonyl (C=O) groups is 1. The molecule has 36 heavy (non-hydrogen) atoms. The third-order valence-electron chi connectivity index (χ3n) is 6.10. The van der Waals surface area contributed by atoms with E-state index in [1.807, 2.05) is 79.7 Å². The number of aryl methyl sites for hydroxylation is 1. The van der Waals surface area contributed by atoms with E-state index in [2.05, 4.69) is 37.0 Å². The van der Waals surface area contributed by atoms with Crippen LogP contribution in [0.5, 0.6) is 0 Å². The van der Waals surface area contributed by atoms with Crippen LogP contribution in [0.15, 0.2) is 104 Å². The zero-order valence-corrected chi connectivity index (χ0v) is 22.6. The van der Waals surface area contributed by atoms with Gasteiger partial charge in [0.2, 0.25) is 0 Å². The Bertz CT molecular complexity index is 1490. The van der Waals surface area contributed by atoms with Crippen LogP contribution in [0.4, 0.5) is 0 Å². The van der Waals surface area contributed by atoms with Crippen molar-refractivity contribution in [3.63, 3.8) is 0 Å². The summed E-state index contributed by atoms with van der Waals surface area (Å²) in [5, 5.41) is 10.7. The summed E-state index contributed by atoms with van der Waals surface area (Å²) >= 11 is 6.90. The number of carbonyl (C=O) groups excluding carboxylic acids is 1. The number of nitrogens with zero attached hydrogens (tertiary/aromatic N) is 4. The van der Waals surface area contributed by atoms with Crippen molar-refractivity contribution in [2.45, 2.75) is 25.9 Å². The van der Waals surface area contributed by atoms with Crippen molar-refractivity contribution in [3.8, 4) is 11.3 Å². The van der Waals surface area contributed by atoms with Crippen LogP contribution in [-0.4, -0.2) is 26.4 Å². The third-order valence-corrected chi connectivity index (χ3v) is 7.15. The van der Waals surface area contributed by atoms with Crippen LogP contribution in [0.2, 0.25) is 0 Å². The van der Waals surface area contributed by atoms with Crippen LogP contribution in [0.1, 0.15) is 29.2 Å². The van der Waals surface area contributed by atoms with Crippen LogP contribution < -0.4 is 5.56 Å². The first kappa shape index (κ1) is 24.3. The van der Waals surface area contributed by atoms with Crippen LogP contribution >= 0.6 is 31.9 Å². The van der Waals surface area contributed by atoms with Crippen LogP contribution in [0.3, 0.4) is 0 Å². The Morgan fingerprint density at radius 3 is 2.11 bits per heavy atom. The van der Waals surface area contributed by atoms with E-state index in [1.165, 1.54) is 15.8 Å². The molecule has 3 aromatic carbocycles. The largest absolute Gasteiger partial charge is 0.271 e. The smallest absolute Gasteiger partial charge is 0.267 e. The highest BCUT2D eigenvalue weighted by Gasteiger charge is 2.33. The number of hydrazone groups is 1. The minimum atomic E-state index is -0.340. The molecule has 1 aliphatic rings. The van der Waals surface area contributed by atoms with Gasteiger partial charge in [-0.1, -0.05) is 86.0 Å². The molecule has 8 heteroatoms. The fourth-order valence-corrected chi connectivity index (χ4v) is 4.67. The Labute approximate surface area is 225 Å². The van der Waals surface area contributed by atoms with Gasteiger partial charge in [0.15, 0.2) is 0 Å². The van der Waals surface area contributed by atoms with Crippen LogP contribution in [-0.2, 0) is 11.3 Å². The summed E-state index contributed by atoms with van der Waals surface area (Å²) in [6.45, 7) is 1.82. The van der Waals surface area contributed by atoms with Gasteiger partial charge >= 0.3 is 0 Å². The molecule has 1 aromatic heterocycles. The molecule has 6 nitrogen and oxygen atoms in total. The standard InChI is InChI=1S/C28H22Br2N4O2/c1-18-2-4-21(5-3-18)26-16-25(20-8-12-23(30)13-9-20)32-34(26)28(36)17-33-27(35)15-14-24(31-33)19-6-10-22(29)11-7-19/h2-15,26H,16-17H2,1H3. The van der Waals surface area contributed by atoms with Crippen molar-refractivity contribution < 1.29 is 4.79 Å². The molecule has 1 amide bonds. The molecule has 0 bridgehead atoms. The van der Waals surface area contributed by atoms with Crippen LogP contribution in [0, 0.1) is 6.92 Å². The van der Waals surface area contributed by atoms with Gasteiger partial charge in [0.1, 0.15) is 6.54 Å². The van der Waals surface area contributed by atoms with E-state index in [4.69, 9.17) is 5.10 Å². The molecule has 1 atom stereocenters. The van der Waals surface area contributed by atoms with E-state index in [0.717, 1.165) is 36.9 Å². The number of aromatic nitrogens is 2. The maximum Gasteiger partial charge on any atom is 0.267 e. The van der Waals surface area contributed by atoms with Gasteiger partial charge in [-0.05, 0) is 48.4 Å². The number of amides is 1. The van der Waals surface area contributed by atoms with Gasteiger partial charge in [-0.25, -0.2) is 9.69 Å². The second-order valence-corrected chi connectivity index (χ2v) is 10.5. The zero-order valence-electron chi connectivity index (χ0n) is 19.4. The highest BCUT2D eigenvalue weighted by Crippen LogP contribution is 2.33. The molecule has 0 fully saturated rings. The molecule has 0 N–H and O–H groups in total. The maximum atomic E-state index is 13.5. The lowest BCUT2D eigenvalue weighted by atomic mass is 9.98. The van der Waals surface area contributed by atoms with E-state index in [9.17, 15) is 9.59 Å². The summed E-state index contributed by atoms with van der Waals surface area (Å²) in [5.41, 5.74) is 5.05. The molecule has 5 rings (SSSR count). The average Bonchev–Trinajstić information content (AvgIpc) is 3.32. The Morgan fingerprint density at radius 1 is 0.861 bits per heavy atom. The van der Waals surface area contributed by atoms with Crippen molar-refractivity contribution in [1.29, 1.82) is 0 Å². The lowest BCUT2D eigenvalue weighted by Gasteiger charge is -2.22. The van der Waals surface area contributed by atoms with Gasteiger partial charge in [0, 0.05) is 27.0 Å². The van der Waals surface area contributed by atoms with Crippen molar-refractivity contribution in [2.24, 2.45) is 5.10 Å². The van der Waals surface area contributed by atoms with E-state index in [-0.39, 0.29) is 24.1 Å². The molecular formula is C28H22Br2N4O2. The third kappa shape index (κ3) is 5.24. The topological polar surface area (TPSA) is 67.6 Å². The molecular weight excluding hydrogens is 584 g/mol. The summed E-state index contributed by atoms with van der Waals surface area (Å²) < 4.78 is 3.13. The monoisotopic (exact) mass is 604 g/mol. The van der Waals surface area contributed by atoms with E-state index in [1.54, 1.807) is 6.07 Å². The number of hydrogen-bond donors (Lipinski definition) is 0. The Morgan fingerprint density at radius 2 is 1.47 bits per heavy atom. The predicted octanol–water partition coefficient (Wildman–Crippen LogP) is 6.12. The van der Waals surface area contributed by atoms with Gasteiger partial charge in [-0.15, -0.1) is 0 Å². The molecule has 0 saturated carbocycles. The number of hydrogen-bond acceptors (Lipinski definition) is 4. The highest BCUT2D eigenvalue weighted by molar-refractivity contribution is 9.10. The quantitative estimate of drug-likeness (QED) is 0.275. The number of benzene rings is 3. The molecule has 180 valence electrons. The predicted molar refractivity (Wildman–Crippen MR) is 148 cm³/mol. The van der Waals surface area contributed by atoms with Crippen molar-refractivity contribution in [3.05, 3.63) is 121 Å². The molecule has 1 aliphatic heterocycles. The van der Waals surface area contributed by atoms with Gasteiger partial charge in [-0.2, -0.15) is 10.2 Å². The first-order valence-corrected chi connectivity index (χ1v) is 13.0. The van der Waals surface area contributed by atoms with Crippen LogP contribution in [0.25, 0.3) is 11.3 Å². The number of rotatable bonds is 5. The van der Waals surface area contributed by atoms with E-state index in [0.29, 0.717) is 12.1 Å². The summed E-state index contributed by atoms with van der Waals surface area (Å²) in [4.78, 5) is 26.1. The Hall–Kier alpha value is -3.36. The maximum absolute atomic E-state index is 13.5. The minimum Gasteiger partial charge on any atom is -0.271 e. The molecule has 2 heterocycles. The second kappa shape index (κ2) is 10.3. The highest BCUT2D eigenvalue weighted by atomic mass is 79.9. The van der Waals surface area contributed by atoms with Crippen molar-refractivity contribution >= 4 is 43.5 Å². The summed E-state index contributed by atoms with van der Waals surface area (Å²) in [6.07, 6.45) is 0.581. The SMILES string of the molecule is Cc1ccc(C2CC(c3ccc(Br)cc3)=NN2C(=O)Cn2nc(-c3ccc(Br)cc3)ccc2=O)cc1.